The normalized spacial score (nSPS) is 16.9. The summed E-state index contributed by atoms with van der Waals surface area (Å²) in [4.78, 5) is 23.1. The van der Waals surface area contributed by atoms with Gasteiger partial charge in [-0.2, -0.15) is 0 Å². The molecule has 1 aromatic rings. The van der Waals surface area contributed by atoms with Gasteiger partial charge in [-0.15, -0.1) is 0 Å². The van der Waals surface area contributed by atoms with Gasteiger partial charge in [-0.1, -0.05) is 12.1 Å². The molecular formula is C16H22N2O3. The molecule has 0 atom stereocenters. The summed E-state index contributed by atoms with van der Waals surface area (Å²) in [5, 5.41) is 12.0. The predicted molar refractivity (Wildman–Crippen MR) is 81.1 cm³/mol. The first-order valence-electron chi connectivity index (χ1n) is 7.16. The van der Waals surface area contributed by atoms with Crippen LogP contribution in [0.2, 0.25) is 0 Å². The number of aliphatic carboxylic acids is 1. The minimum absolute atomic E-state index is 0.0950. The van der Waals surface area contributed by atoms with E-state index in [1.165, 1.54) is 0 Å². The fourth-order valence-corrected chi connectivity index (χ4v) is 2.43. The minimum atomic E-state index is -0.949. The molecule has 0 spiro atoms. The molecule has 0 radical (unpaired) electrons. The monoisotopic (exact) mass is 290 g/mol. The van der Waals surface area contributed by atoms with Crippen molar-refractivity contribution >= 4 is 17.6 Å². The van der Waals surface area contributed by atoms with Crippen molar-refractivity contribution in [1.29, 1.82) is 0 Å². The number of nitrogens with two attached hydrogens (primary N) is 1. The molecule has 2 rings (SSSR count). The average Bonchev–Trinajstić information content (AvgIpc) is 2.37. The smallest absolute Gasteiger partial charge is 0.313 e. The van der Waals surface area contributed by atoms with Crippen LogP contribution in [0.1, 0.15) is 45.1 Å². The van der Waals surface area contributed by atoms with Gasteiger partial charge in [0.2, 0.25) is 5.91 Å². The molecule has 1 aliphatic carbocycles. The van der Waals surface area contributed by atoms with Crippen LogP contribution in [0.5, 0.6) is 0 Å². The summed E-state index contributed by atoms with van der Waals surface area (Å²) in [6, 6.07) is 6.90. The van der Waals surface area contributed by atoms with Crippen LogP contribution < -0.4 is 11.1 Å². The van der Waals surface area contributed by atoms with Crippen molar-refractivity contribution in [2.24, 2.45) is 5.73 Å². The van der Waals surface area contributed by atoms with Crippen LogP contribution in [0.3, 0.4) is 0 Å². The molecule has 1 amide bonds. The van der Waals surface area contributed by atoms with E-state index >= 15 is 0 Å². The number of anilines is 1. The standard InChI is InChI=1S/C16H22N2O3/c1-15(2,14(20)21)11-4-6-12(7-5-11)18-13(19)10-16(17)8-3-9-16/h4-7H,3,8-10,17H2,1-2H3,(H,18,19)(H,20,21). The van der Waals surface area contributed by atoms with E-state index in [2.05, 4.69) is 5.32 Å². The van der Waals surface area contributed by atoms with E-state index in [4.69, 9.17) is 5.73 Å². The zero-order valence-corrected chi connectivity index (χ0v) is 12.5. The van der Waals surface area contributed by atoms with Crippen LogP contribution in [-0.2, 0) is 15.0 Å². The topological polar surface area (TPSA) is 92.4 Å². The maximum absolute atomic E-state index is 11.9. The Morgan fingerprint density at radius 3 is 2.29 bits per heavy atom. The van der Waals surface area contributed by atoms with Crippen LogP contribution in [0.4, 0.5) is 5.69 Å². The zero-order chi connectivity index (χ0) is 15.7. The van der Waals surface area contributed by atoms with E-state index in [1.807, 2.05) is 0 Å². The lowest BCUT2D eigenvalue weighted by Crippen LogP contribution is -2.48. The van der Waals surface area contributed by atoms with E-state index in [0.717, 1.165) is 19.3 Å². The number of carboxylic acid groups (broad SMARTS) is 1. The third-order valence-corrected chi connectivity index (χ3v) is 4.29. The first-order chi connectivity index (χ1) is 9.73. The summed E-state index contributed by atoms with van der Waals surface area (Å²) in [6.45, 7) is 3.30. The Bertz CT molecular complexity index is 545. The molecule has 0 aliphatic heterocycles. The number of carboxylic acids is 1. The number of benzene rings is 1. The van der Waals surface area contributed by atoms with Crippen molar-refractivity contribution in [3.05, 3.63) is 29.8 Å². The van der Waals surface area contributed by atoms with Gasteiger partial charge in [0, 0.05) is 17.6 Å². The van der Waals surface area contributed by atoms with Crippen LogP contribution in [0.25, 0.3) is 0 Å². The third kappa shape index (κ3) is 3.42. The fraction of sp³-hybridized carbons (Fsp3) is 0.500. The van der Waals surface area contributed by atoms with E-state index in [-0.39, 0.29) is 11.4 Å². The summed E-state index contributed by atoms with van der Waals surface area (Å²) in [5.74, 6) is -0.975. The molecular weight excluding hydrogens is 268 g/mol. The summed E-state index contributed by atoms with van der Waals surface area (Å²) in [7, 11) is 0. The quantitative estimate of drug-likeness (QED) is 0.775. The van der Waals surface area contributed by atoms with Gasteiger partial charge in [-0.25, -0.2) is 0 Å². The van der Waals surface area contributed by atoms with Gasteiger partial charge >= 0.3 is 5.97 Å². The number of carbonyl (C=O) groups excluding carboxylic acids is 1. The van der Waals surface area contributed by atoms with Crippen molar-refractivity contribution in [3.63, 3.8) is 0 Å². The second kappa shape index (κ2) is 5.48. The number of amides is 1. The number of nitrogens with one attached hydrogen (secondary N) is 1. The summed E-state index contributed by atoms with van der Waals surface area (Å²) in [6.07, 6.45) is 3.20. The van der Waals surface area contributed by atoms with Crippen molar-refractivity contribution in [3.8, 4) is 0 Å². The Labute approximate surface area is 124 Å². The third-order valence-electron chi connectivity index (χ3n) is 4.29. The zero-order valence-electron chi connectivity index (χ0n) is 12.5. The SMILES string of the molecule is CC(C)(C(=O)O)c1ccc(NC(=O)CC2(N)CCC2)cc1. The Kier molecular flexibility index (Phi) is 4.05. The molecule has 5 nitrogen and oxygen atoms in total. The second-order valence-corrected chi connectivity index (χ2v) is 6.45. The van der Waals surface area contributed by atoms with Gasteiger partial charge in [0.1, 0.15) is 0 Å². The lowest BCUT2D eigenvalue weighted by Gasteiger charge is -2.37. The van der Waals surface area contributed by atoms with Gasteiger partial charge in [-0.3, -0.25) is 9.59 Å². The lowest BCUT2D eigenvalue weighted by molar-refractivity contribution is -0.142. The minimum Gasteiger partial charge on any atom is -0.481 e. The summed E-state index contributed by atoms with van der Waals surface area (Å²) < 4.78 is 0. The molecule has 0 bridgehead atoms. The van der Waals surface area contributed by atoms with Crippen LogP contribution >= 0.6 is 0 Å². The highest BCUT2D eigenvalue weighted by atomic mass is 16.4. The van der Waals surface area contributed by atoms with E-state index in [0.29, 0.717) is 17.7 Å². The number of hydrogen-bond acceptors (Lipinski definition) is 3. The number of hydrogen-bond donors (Lipinski definition) is 3. The molecule has 4 N–H and O–H groups in total. The largest absolute Gasteiger partial charge is 0.481 e. The highest BCUT2D eigenvalue weighted by Gasteiger charge is 2.34. The highest BCUT2D eigenvalue weighted by molar-refractivity contribution is 5.91. The Balaban J connectivity index is 1.99. The first kappa shape index (κ1) is 15.5. The molecule has 0 heterocycles. The maximum atomic E-state index is 11.9. The van der Waals surface area contributed by atoms with Gasteiger partial charge in [0.05, 0.1) is 5.41 Å². The van der Waals surface area contributed by atoms with E-state index < -0.39 is 11.4 Å². The Morgan fingerprint density at radius 1 is 1.29 bits per heavy atom. The molecule has 1 saturated carbocycles. The van der Waals surface area contributed by atoms with Crippen LogP contribution in [0.15, 0.2) is 24.3 Å². The van der Waals surface area contributed by atoms with Gasteiger partial charge in [0.15, 0.2) is 0 Å². The fourth-order valence-electron chi connectivity index (χ4n) is 2.43. The lowest BCUT2D eigenvalue weighted by atomic mass is 9.75. The Morgan fingerprint density at radius 2 is 1.86 bits per heavy atom. The van der Waals surface area contributed by atoms with Gasteiger partial charge in [-0.05, 0) is 50.8 Å². The maximum Gasteiger partial charge on any atom is 0.313 e. The average molecular weight is 290 g/mol. The predicted octanol–water partition coefficient (Wildman–Crippen LogP) is 2.26. The molecule has 5 heteroatoms. The molecule has 0 aromatic heterocycles. The van der Waals surface area contributed by atoms with Crippen molar-refractivity contribution in [1.82, 2.24) is 0 Å². The molecule has 1 fully saturated rings. The second-order valence-electron chi connectivity index (χ2n) is 6.45. The van der Waals surface area contributed by atoms with E-state index in [1.54, 1.807) is 38.1 Å². The van der Waals surface area contributed by atoms with Crippen molar-refractivity contribution in [2.45, 2.75) is 50.5 Å². The highest BCUT2D eigenvalue weighted by Crippen LogP contribution is 2.32. The number of rotatable bonds is 5. The van der Waals surface area contributed by atoms with Crippen LogP contribution in [0, 0.1) is 0 Å². The molecule has 1 aliphatic rings. The number of carbonyl (C=O) groups is 2. The molecule has 0 unspecified atom stereocenters. The van der Waals surface area contributed by atoms with E-state index in [9.17, 15) is 14.7 Å². The molecule has 21 heavy (non-hydrogen) atoms. The summed E-state index contributed by atoms with van der Waals surface area (Å²) in [5.41, 5.74) is 6.12. The first-order valence-corrected chi connectivity index (χ1v) is 7.16. The molecule has 1 aromatic carbocycles. The van der Waals surface area contributed by atoms with Crippen LogP contribution in [-0.4, -0.2) is 22.5 Å². The van der Waals surface area contributed by atoms with Gasteiger partial charge in [0.25, 0.3) is 0 Å². The van der Waals surface area contributed by atoms with Crippen molar-refractivity contribution in [2.75, 3.05) is 5.32 Å². The summed E-state index contributed by atoms with van der Waals surface area (Å²) >= 11 is 0. The Hall–Kier alpha value is -1.88. The molecule has 114 valence electrons. The van der Waals surface area contributed by atoms with Gasteiger partial charge < -0.3 is 16.2 Å². The van der Waals surface area contributed by atoms with Crippen molar-refractivity contribution < 1.29 is 14.7 Å². The molecule has 0 saturated heterocycles.